The Bertz CT molecular complexity index is 411. The third kappa shape index (κ3) is 3.87. The third-order valence-electron chi connectivity index (χ3n) is 2.33. The molecule has 2 N–H and O–H groups in total. The Kier molecular flexibility index (Phi) is 5.91. The molecular formula is C12H16ClNO4. The van der Waals surface area contributed by atoms with Gasteiger partial charge in [0.05, 0.1) is 31.9 Å². The first-order valence-electron chi connectivity index (χ1n) is 5.36. The molecule has 100 valence electrons. The summed E-state index contributed by atoms with van der Waals surface area (Å²) in [5.74, 6) is 0.0359. The molecule has 0 aliphatic rings. The molecule has 0 spiro atoms. The number of carbonyl (C=O) groups is 1. The SMILES string of the molecule is COCC(CO)NC(=O)c1ccc(Cl)cc1OC. The van der Waals surface area contributed by atoms with E-state index in [2.05, 4.69) is 5.32 Å². The number of methoxy groups -OCH3 is 2. The number of hydrogen-bond acceptors (Lipinski definition) is 4. The van der Waals surface area contributed by atoms with Crippen molar-refractivity contribution in [3.63, 3.8) is 0 Å². The molecule has 0 aliphatic carbocycles. The number of ether oxygens (including phenoxy) is 2. The fourth-order valence-electron chi connectivity index (χ4n) is 1.46. The van der Waals surface area contributed by atoms with E-state index in [0.717, 1.165) is 0 Å². The van der Waals surface area contributed by atoms with Gasteiger partial charge in [-0.05, 0) is 18.2 Å². The summed E-state index contributed by atoms with van der Waals surface area (Å²) in [6.45, 7) is 0.0353. The normalized spacial score (nSPS) is 12.0. The molecule has 1 amide bonds. The summed E-state index contributed by atoms with van der Waals surface area (Å²) in [7, 11) is 2.96. The highest BCUT2D eigenvalue weighted by atomic mass is 35.5. The molecule has 6 heteroatoms. The smallest absolute Gasteiger partial charge is 0.255 e. The Morgan fingerprint density at radius 3 is 2.78 bits per heavy atom. The lowest BCUT2D eigenvalue weighted by Gasteiger charge is -2.16. The van der Waals surface area contributed by atoms with Gasteiger partial charge in [-0.15, -0.1) is 0 Å². The van der Waals surface area contributed by atoms with Crippen LogP contribution in [0.2, 0.25) is 5.02 Å². The van der Waals surface area contributed by atoms with Gasteiger partial charge in [0.15, 0.2) is 0 Å². The molecule has 5 nitrogen and oxygen atoms in total. The van der Waals surface area contributed by atoms with Crippen molar-refractivity contribution in [2.75, 3.05) is 27.4 Å². The van der Waals surface area contributed by atoms with Crippen molar-refractivity contribution in [3.05, 3.63) is 28.8 Å². The average Bonchev–Trinajstić information content (AvgIpc) is 2.37. The van der Waals surface area contributed by atoms with E-state index in [1.54, 1.807) is 18.2 Å². The number of aliphatic hydroxyl groups is 1. The van der Waals surface area contributed by atoms with Gasteiger partial charge in [-0.25, -0.2) is 0 Å². The van der Waals surface area contributed by atoms with E-state index in [9.17, 15) is 4.79 Å². The van der Waals surface area contributed by atoms with E-state index in [0.29, 0.717) is 16.3 Å². The number of hydrogen-bond donors (Lipinski definition) is 2. The van der Waals surface area contributed by atoms with Gasteiger partial charge in [-0.3, -0.25) is 4.79 Å². The molecule has 0 radical (unpaired) electrons. The lowest BCUT2D eigenvalue weighted by molar-refractivity contribution is 0.0837. The summed E-state index contributed by atoms with van der Waals surface area (Å²) < 4.78 is 9.96. The van der Waals surface area contributed by atoms with Crippen molar-refractivity contribution < 1.29 is 19.4 Å². The first-order valence-corrected chi connectivity index (χ1v) is 5.74. The van der Waals surface area contributed by atoms with Crippen molar-refractivity contribution >= 4 is 17.5 Å². The number of carbonyl (C=O) groups excluding carboxylic acids is 1. The van der Waals surface area contributed by atoms with Gasteiger partial charge in [0, 0.05) is 12.1 Å². The topological polar surface area (TPSA) is 67.8 Å². The number of amides is 1. The quantitative estimate of drug-likeness (QED) is 0.814. The highest BCUT2D eigenvalue weighted by molar-refractivity contribution is 6.30. The minimum atomic E-state index is -0.456. The lowest BCUT2D eigenvalue weighted by Crippen LogP contribution is -2.40. The molecule has 0 aliphatic heterocycles. The summed E-state index contributed by atoms with van der Waals surface area (Å²) in [5.41, 5.74) is 0.358. The number of halogens is 1. The Balaban J connectivity index is 2.83. The predicted molar refractivity (Wildman–Crippen MR) is 68.2 cm³/mol. The summed E-state index contributed by atoms with van der Waals surface area (Å²) in [4.78, 5) is 12.0. The maximum atomic E-state index is 12.0. The Morgan fingerprint density at radius 1 is 1.50 bits per heavy atom. The Morgan fingerprint density at radius 2 is 2.22 bits per heavy atom. The number of nitrogens with one attached hydrogen (secondary N) is 1. The van der Waals surface area contributed by atoms with Crippen LogP contribution in [-0.4, -0.2) is 44.5 Å². The fraction of sp³-hybridized carbons (Fsp3) is 0.417. The average molecular weight is 274 g/mol. The van der Waals surface area contributed by atoms with E-state index in [1.807, 2.05) is 0 Å². The molecule has 1 aromatic carbocycles. The molecule has 0 aromatic heterocycles. The van der Waals surface area contributed by atoms with Gasteiger partial charge in [0.25, 0.3) is 5.91 Å². The summed E-state index contributed by atoms with van der Waals surface area (Å²) in [5, 5.41) is 12.2. The van der Waals surface area contributed by atoms with Gasteiger partial charge in [-0.1, -0.05) is 11.6 Å². The van der Waals surface area contributed by atoms with Crippen molar-refractivity contribution in [3.8, 4) is 5.75 Å². The van der Waals surface area contributed by atoms with Gasteiger partial charge in [0.1, 0.15) is 5.75 Å². The van der Waals surface area contributed by atoms with Crippen LogP contribution in [0.25, 0.3) is 0 Å². The van der Waals surface area contributed by atoms with Crippen LogP contribution in [0.5, 0.6) is 5.75 Å². The van der Waals surface area contributed by atoms with Crippen LogP contribution in [0.3, 0.4) is 0 Å². The second-order valence-corrected chi connectivity index (χ2v) is 4.09. The van der Waals surface area contributed by atoms with Crippen LogP contribution in [0, 0.1) is 0 Å². The summed E-state index contributed by atoms with van der Waals surface area (Å²) in [6.07, 6.45) is 0. The molecule has 18 heavy (non-hydrogen) atoms. The molecule has 0 fully saturated rings. The molecule has 0 saturated heterocycles. The molecule has 1 aromatic rings. The summed E-state index contributed by atoms with van der Waals surface area (Å²) >= 11 is 5.81. The van der Waals surface area contributed by atoms with Gasteiger partial charge in [-0.2, -0.15) is 0 Å². The lowest BCUT2D eigenvalue weighted by atomic mass is 10.1. The van der Waals surface area contributed by atoms with E-state index in [1.165, 1.54) is 14.2 Å². The van der Waals surface area contributed by atoms with Crippen molar-refractivity contribution in [1.82, 2.24) is 5.32 Å². The summed E-state index contributed by atoms with van der Waals surface area (Å²) in [6, 6.07) is 4.27. The predicted octanol–water partition coefficient (Wildman–Crippen LogP) is 1.09. The third-order valence-corrected chi connectivity index (χ3v) is 2.57. The molecule has 0 saturated carbocycles. The number of aliphatic hydroxyl groups excluding tert-OH is 1. The second kappa shape index (κ2) is 7.20. The van der Waals surface area contributed by atoms with Gasteiger partial charge in [0.2, 0.25) is 0 Å². The monoisotopic (exact) mass is 273 g/mol. The number of rotatable bonds is 6. The van der Waals surface area contributed by atoms with E-state index in [4.69, 9.17) is 26.2 Å². The molecule has 1 rings (SSSR count). The highest BCUT2D eigenvalue weighted by Crippen LogP contribution is 2.23. The first-order chi connectivity index (χ1) is 8.62. The zero-order valence-corrected chi connectivity index (χ0v) is 11.0. The Hall–Kier alpha value is -1.30. The fourth-order valence-corrected chi connectivity index (χ4v) is 1.62. The zero-order chi connectivity index (χ0) is 13.5. The van der Waals surface area contributed by atoms with Crippen molar-refractivity contribution in [1.29, 1.82) is 0 Å². The van der Waals surface area contributed by atoms with Crippen LogP contribution in [0.15, 0.2) is 18.2 Å². The van der Waals surface area contributed by atoms with Gasteiger partial charge >= 0.3 is 0 Å². The second-order valence-electron chi connectivity index (χ2n) is 3.65. The maximum Gasteiger partial charge on any atom is 0.255 e. The van der Waals surface area contributed by atoms with E-state index >= 15 is 0 Å². The number of benzene rings is 1. The highest BCUT2D eigenvalue weighted by Gasteiger charge is 2.16. The minimum Gasteiger partial charge on any atom is -0.496 e. The van der Waals surface area contributed by atoms with Crippen LogP contribution in [0.1, 0.15) is 10.4 Å². The maximum absolute atomic E-state index is 12.0. The molecule has 1 atom stereocenters. The van der Waals surface area contributed by atoms with Crippen LogP contribution < -0.4 is 10.1 Å². The van der Waals surface area contributed by atoms with Crippen LogP contribution in [-0.2, 0) is 4.74 Å². The first kappa shape index (κ1) is 14.8. The van der Waals surface area contributed by atoms with Crippen molar-refractivity contribution in [2.24, 2.45) is 0 Å². The van der Waals surface area contributed by atoms with E-state index < -0.39 is 6.04 Å². The van der Waals surface area contributed by atoms with Crippen LogP contribution >= 0.6 is 11.6 Å². The van der Waals surface area contributed by atoms with Gasteiger partial charge < -0.3 is 19.9 Å². The molecule has 0 bridgehead atoms. The molecule has 1 unspecified atom stereocenters. The Labute approximate surface area is 111 Å². The molecular weight excluding hydrogens is 258 g/mol. The minimum absolute atomic E-state index is 0.199. The van der Waals surface area contributed by atoms with Crippen molar-refractivity contribution in [2.45, 2.75) is 6.04 Å². The van der Waals surface area contributed by atoms with Crippen LogP contribution in [0.4, 0.5) is 0 Å². The molecule has 0 heterocycles. The zero-order valence-electron chi connectivity index (χ0n) is 10.3. The standard InChI is InChI=1S/C12H16ClNO4/c1-17-7-9(6-15)14-12(16)10-4-3-8(13)5-11(10)18-2/h3-5,9,15H,6-7H2,1-2H3,(H,14,16). The van der Waals surface area contributed by atoms with E-state index in [-0.39, 0.29) is 19.1 Å². The largest absolute Gasteiger partial charge is 0.496 e.